The molecule has 1 N–H and O–H groups in total. The summed E-state index contributed by atoms with van der Waals surface area (Å²) < 4.78 is 23.1. The van der Waals surface area contributed by atoms with Crippen LogP contribution in [0.15, 0.2) is 24.3 Å². The van der Waals surface area contributed by atoms with Gasteiger partial charge in [0.2, 0.25) is 5.91 Å². The van der Waals surface area contributed by atoms with Crippen LogP contribution >= 0.6 is 0 Å². The molecule has 1 atom stereocenters. The fourth-order valence-electron chi connectivity index (χ4n) is 2.43. The molecule has 1 heterocycles. The molecule has 5 heteroatoms. The molecule has 1 aliphatic heterocycles. The van der Waals surface area contributed by atoms with Crippen molar-refractivity contribution in [1.29, 1.82) is 0 Å². The quantitative estimate of drug-likeness (QED) is 0.932. The van der Waals surface area contributed by atoms with Crippen LogP contribution in [0.3, 0.4) is 0 Å². The van der Waals surface area contributed by atoms with Gasteiger partial charge in [-0.25, -0.2) is 8.42 Å². The van der Waals surface area contributed by atoms with Gasteiger partial charge in [0.15, 0.2) is 9.84 Å². The minimum absolute atomic E-state index is 0.0249. The van der Waals surface area contributed by atoms with Crippen molar-refractivity contribution < 1.29 is 13.2 Å². The second kappa shape index (κ2) is 5.95. The van der Waals surface area contributed by atoms with Crippen LogP contribution in [0.5, 0.6) is 0 Å². The molecule has 1 saturated heterocycles. The summed E-state index contributed by atoms with van der Waals surface area (Å²) in [7, 11) is -3.05. The number of amides is 1. The molecule has 1 aromatic rings. The highest BCUT2D eigenvalue weighted by Crippen LogP contribution is 2.21. The van der Waals surface area contributed by atoms with E-state index >= 15 is 0 Å². The van der Waals surface area contributed by atoms with E-state index in [9.17, 15) is 13.2 Å². The molecule has 1 fully saturated rings. The number of hydrogen-bond acceptors (Lipinski definition) is 3. The van der Waals surface area contributed by atoms with E-state index in [2.05, 4.69) is 19.2 Å². The Kier molecular flexibility index (Phi) is 4.48. The zero-order valence-electron chi connectivity index (χ0n) is 11.9. The zero-order valence-corrected chi connectivity index (χ0v) is 12.7. The molecule has 1 aliphatic rings. The minimum Gasteiger partial charge on any atom is -0.326 e. The Morgan fingerprint density at radius 3 is 2.45 bits per heavy atom. The number of carbonyl (C=O) groups excluding carboxylic acids is 1. The molecule has 4 nitrogen and oxygen atoms in total. The fourth-order valence-corrected chi connectivity index (χ4v) is 4.13. The van der Waals surface area contributed by atoms with Crippen LogP contribution in [0.4, 0.5) is 5.69 Å². The van der Waals surface area contributed by atoms with Crippen molar-refractivity contribution >= 4 is 21.4 Å². The lowest BCUT2D eigenvalue weighted by Crippen LogP contribution is -2.34. The van der Waals surface area contributed by atoms with E-state index in [0.717, 1.165) is 5.69 Å². The van der Waals surface area contributed by atoms with E-state index < -0.39 is 15.8 Å². The van der Waals surface area contributed by atoms with E-state index in [1.54, 1.807) is 0 Å². The lowest BCUT2D eigenvalue weighted by atomic mass is 10.0. The van der Waals surface area contributed by atoms with E-state index in [1.165, 1.54) is 5.56 Å². The van der Waals surface area contributed by atoms with Gasteiger partial charge < -0.3 is 5.32 Å². The topological polar surface area (TPSA) is 63.2 Å². The third-order valence-corrected chi connectivity index (χ3v) is 5.50. The highest BCUT2D eigenvalue weighted by molar-refractivity contribution is 7.91. The SMILES string of the molecule is CC(C)c1ccc(NC(=O)C2CCCS(=O)(=O)C2)cc1. The van der Waals surface area contributed by atoms with Gasteiger partial charge in [-0.2, -0.15) is 0 Å². The molecule has 0 radical (unpaired) electrons. The van der Waals surface area contributed by atoms with Gasteiger partial charge in [0.1, 0.15) is 0 Å². The van der Waals surface area contributed by atoms with Crippen molar-refractivity contribution in [2.24, 2.45) is 5.92 Å². The van der Waals surface area contributed by atoms with Crippen molar-refractivity contribution in [1.82, 2.24) is 0 Å². The second-order valence-electron chi connectivity index (χ2n) is 5.72. The Labute approximate surface area is 120 Å². The highest BCUT2D eigenvalue weighted by Gasteiger charge is 2.29. The molecule has 20 heavy (non-hydrogen) atoms. The molecule has 0 aromatic heterocycles. The molecule has 0 spiro atoms. The summed E-state index contributed by atoms with van der Waals surface area (Å²) in [6.07, 6.45) is 1.22. The van der Waals surface area contributed by atoms with Gasteiger partial charge in [-0.05, 0) is 36.5 Å². The molecule has 1 unspecified atom stereocenters. The Balaban J connectivity index is 2.00. The molecule has 0 aliphatic carbocycles. The number of rotatable bonds is 3. The predicted octanol–water partition coefficient (Wildman–Crippen LogP) is 2.57. The first-order valence-corrected chi connectivity index (χ1v) is 8.81. The largest absolute Gasteiger partial charge is 0.326 e. The zero-order chi connectivity index (χ0) is 14.8. The normalized spacial score (nSPS) is 21.6. The van der Waals surface area contributed by atoms with Crippen molar-refractivity contribution in [2.45, 2.75) is 32.6 Å². The van der Waals surface area contributed by atoms with Gasteiger partial charge in [-0.3, -0.25) is 4.79 Å². The highest BCUT2D eigenvalue weighted by atomic mass is 32.2. The van der Waals surface area contributed by atoms with Crippen molar-refractivity contribution in [2.75, 3.05) is 16.8 Å². The fraction of sp³-hybridized carbons (Fsp3) is 0.533. The maximum Gasteiger partial charge on any atom is 0.228 e. The third-order valence-electron chi connectivity index (χ3n) is 3.68. The monoisotopic (exact) mass is 295 g/mol. The number of benzene rings is 1. The van der Waals surface area contributed by atoms with Gasteiger partial charge in [0, 0.05) is 5.69 Å². The van der Waals surface area contributed by atoms with Gasteiger partial charge in [-0.15, -0.1) is 0 Å². The molecular weight excluding hydrogens is 274 g/mol. The second-order valence-corrected chi connectivity index (χ2v) is 7.95. The standard InChI is InChI=1S/C15H21NO3S/c1-11(2)12-5-7-14(8-6-12)16-15(17)13-4-3-9-20(18,19)10-13/h5-8,11,13H,3-4,9-10H2,1-2H3,(H,16,17). The van der Waals surface area contributed by atoms with Crippen LogP contribution in [0.25, 0.3) is 0 Å². The Hall–Kier alpha value is -1.36. The third kappa shape index (κ3) is 3.82. The van der Waals surface area contributed by atoms with Crippen LogP contribution < -0.4 is 5.32 Å². The smallest absolute Gasteiger partial charge is 0.228 e. The molecule has 1 aromatic carbocycles. The average Bonchev–Trinajstić information content (AvgIpc) is 2.38. The van der Waals surface area contributed by atoms with Crippen LogP contribution in [0.1, 0.15) is 38.2 Å². The molecular formula is C15H21NO3S. The van der Waals surface area contributed by atoms with E-state index in [4.69, 9.17) is 0 Å². The number of carbonyl (C=O) groups is 1. The lowest BCUT2D eigenvalue weighted by molar-refractivity contribution is -0.119. The summed E-state index contributed by atoms with van der Waals surface area (Å²) in [4.78, 5) is 12.1. The maximum absolute atomic E-state index is 12.1. The van der Waals surface area contributed by atoms with Gasteiger partial charge in [-0.1, -0.05) is 26.0 Å². The first-order chi connectivity index (χ1) is 9.37. The molecule has 0 saturated carbocycles. The van der Waals surface area contributed by atoms with Gasteiger partial charge in [0.25, 0.3) is 0 Å². The number of anilines is 1. The average molecular weight is 295 g/mol. The Morgan fingerprint density at radius 1 is 1.25 bits per heavy atom. The predicted molar refractivity (Wildman–Crippen MR) is 80.5 cm³/mol. The minimum atomic E-state index is -3.05. The Morgan fingerprint density at radius 2 is 1.90 bits per heavy atom. The van der Waals surface area contributed by atoms with Crippen LogP contribution in [-0.4, -0.2) is 25.8 Å². The van der Waals surface area contributed by atoms with Crippen LogP contribution in [0.2, 0.25) is 0 Å². The summed E-state index contributed by atoms with van der Waals surface area (Å²) in [5, 5.41) is 2.81. The summed E-state index contributed by atoms with van der Waals surface area (Å²) in [5.41, 5.74) is 1.94. The summed E-state index contributed by atoms with van der Waals surface area (Å²) in [6, 6.07) is 7.70. The van der Waals surface area contributed by atoms with Gasteiger partial charge in [0.05, 0.1) is 17.4 Å². The number of nitrogens with one attached hydrogen (secondary N) is 1. The van der Waals surface area contributed by atoms with Crippen LogP contribution in [-0.2, 0) is 14.6 Å². The summed E-state index contributed by atoms with van der Waals surface area (Å²) >= 11 is 0. The van der Waals surface area contributed by atoms with Crippen LogP contribution in [0, 0.1) is 5.92 Å². The van der Waals surface area contributed by atoms with Crippen molar-refractivity contribution in [3.05, 3.63) is 29.8 Å². The van der Waals surface area contributed by atoms with E-state index in [0.29, 0.717) is 18.8 Å². The molecule has 110 valence electrons. The number of sulfone groups is 1. The number of hydrogen-bond donors (Lipinski definition) is 1. The maximum atomic E-state index is 12.1. The summed E-state index contributed by atoms with van der Waals surface area (Å²) in [5.74, 6) is 0.0234. The molecule has 1 amide bonds. The van der Waals surface area contributed by atoms with Gasteiger partial charge >= 0.3 is 0 Å². The summed E-state index contributed by atoms with van der Waals surface area (Å²) in [6.45, 7) is 4.22. The first kappa shape index (κ1) is 15.0. The van der Waals surface area contributed by atoms with Crippen molar-refractivity contribution in [3.63, 3.8) is 0 Å². The Bertz CT molecular complexity index is 576. The van der Waals surface area contributed by atoms with Crippen molar-refractivity contribution in [3.8, 4) is 0 Å². The van der Waals surface area contributed by atoms with E-state index in [-0.39, 0.29) is 17.4 Å². The first-order valence-electron chi connectivity index (χ1n) is 6.98. The van der Waals surface area contributed by atoms with E-state index in [1.807, 2.05) is 24.3 Å². The lowest BCUT2D eigenvalue weighted by Gasteiger charge is -2.21. The molecule has 2 rings (SSSR count). The molecule has 0 bridgehead atoms.